The second-order valence-electron chi connectivity index (χ2n) is 11.1. The number of aromatic amines is 2. The molecule has 6 nitrogen and oxygen atoms in total. The Morgan fingerprint density at radius 2 is 1.24 bits per heavy atom. The number of nitrogens with zero attached hydrogens (tertiary/aromatic N) is 3. The first-order valence-corrected chi connectivity index (χ1v) is 13.8. The van der Waals surface area contributed by atoms with E-state index in [4.69, 9.17) is 4.98 Å². The van der Waals surface area contributed by atoms with Gasteiger partial charge in [-0.3, -0.25) is 4.90 Å². The molecule has 1 unspecified atom stereocenters. The number of nitrogens with one attached hydrogen (secondary N) is 2. The molecule has 0 bridgehead atoms. The Morgan fingerprint density at radius 3 is 1.81 bits per heavy atom. The van der Waals surface area contributed by atoms with Crippen LogP contribution in [0.3, 0.4) is 0 Å². The summed E-state index contributed by atoms with van der Waals surface area (Å²) in [5.74, 6) is 2.89. The molecule has 3 N–H and O–H groups in total. The van der Waals surface area contributed by atoms with Crippen LogP contribution < -0.4 is 0 Å². The summed E-state index contributed by atoms with van der Waals surface area (Å²) in [6, 6.07) is 17.5. The number of aliphatic hydroxyl groups excluding tert-OH is 1. The number of hydrogen-bond acceptors (Lipinski definition) is 4. The molecule has 2 atom stereocenters. The van der Waals surface area contributed by atoms with E-state index in [2.05, 4.69) is 82.2 Å². The number of H-pyrrole nitrogens is 2. The van der Waals surface area contributed by atoms with Crippen molar-refractivity contribution >= 4 is 0 Å². The van der Waals surface area contributed by atoms with Crippen molar-refractivity contribution in [2.24, 2.45) is 5.92 Å². The molecule has 0 radical (unpaired) electrons. The molecule has 1 aliphatic carbocycles. The molecule has 1 saturated heterocycles. The van der Waals surface area contributed by atoms with Crippen LogP contribution in [0.5, 0.6) is 0 Å². The molecular formula is C31H37N5O. The molecule has 37 heavy (non-hydrogen) atoms. The van der Waals surface area contributed by atoms with Crippen molar-refractivity contribution in [2.75, 3.05) is 6.54 Å². The highest BCUT2D eigenvalue weighted by Crippen LogP contribution is 2.35. The summed E-state index contributed by atoms with van der Waals surface area (Å²) in [4.78, 5) is 18.6. The zero-order valence-electron chi connectivity index (χ0n) is 21.8. The summed E-state index contributed by atoms with van der Waals surface area (Å²) >= 11 is 0. The van der Waals surface area contributed by atoms with E-state index in [1.54, 1.807) is 0 Å². The van der Waals surface area contributed by atoms with Gasteiger partial charge in [0.05, 0.1) is 29.8 Å². The van der Waals surface area contributed by atoms with Crippen LogP contribution in [-0.2, 0) is 0 Å². The molecule has 192 valence electrons. The molecule has 1 saturated carbocycles. The summed E-state index contributed by atoms with van der Waals surface area (Å²) in [7, 11) is 0. The molecule has 6 rings (SSSR count). The monoisotopic (exact) mass is 495 g/mol. The van der Waals surface area contributed by atoms with E-state index in [9.17, 15) is 5.11 Å². The molecule has 2 aromatic heterocycles. The third-order valence-electron chi connectivity index (χ3n) is 8.20. The second kappa shape index (κ2) is 10.3. The maximum absolute atomic E-state index is 10.6. The van der Waals surface area contributed by atoms with Gasteiger partial charge in [0.25, 0.3) is 0 Å². The van der Waals surface area contributed by atoms with Crippen molar-refractivity contribution in [2.45, 2.75) is 70.6 Å². The zero-order chi connectivity index (χ0) is 25.4. The molecular weight excluding hydrogens is 458 g/mol. The number of aliphatic hydroxyl groups is 1. The van der Waals surface area contributed by atoms with E-state index >= 15 is 0 Å². The highest BCUT2D eigenvalue weighted by molar-refractivity contribution is 5.71. The lowest BCUT2D eigenvalue weighted by molar-refractivity contribution is -0.0396. The lowest BCUT2D eigenvalue weighted by Gasteiger charge is -2.30. The molecule has 2 aromatic carbocycles. The van der Waals surface area contributed by atoms with Crippen LogP contribution >= 0.6 is 0 Å². The third kappa shape index (κ3) is 4.88. The minimum atomic E-state index is -0.436. The van der Waals surface area contributed by atoms with Crippen LogP contribution in [0.4, 0.5) is 0 Å². The standard InChI is InChI=1S/C31H37N5O/c1-20(2)31(37)36-17-5-8-28(36)30-33-19-27(35-30)24-15-11-22(12-16-24)21-9-13-23(14-10-21)26-18-32-29(34-26)25-6-3-4-7-25/h9-16,18-20,25,28,31,37H,3-8,17H2,1-2H3,(H,32,34)(H,33,35)/t28-,31?/m0/s1. The molecule has 0 spiro atoms. The quantitative estimate of drug-likeness (QED) is 0.260. The van der Waals surface area contributed by atoms with Crippen LogP contribution in [-0.4, -0.2) is 42.7 Å². The van der Waals surface area contributed by atoms with Gasteiger partial charge in [0, 0.05) is 12.5 Å². The Kier molecular flexibility index (Phi) is 6.70. The third-order valence-corrected chi connectivity index (χ3v) is 8.20. The molecule has 3 heterocycles. The fourth-order valence-corrected chi connectivity index (χ4v) is 6.01. The summed E-state index contributed by atoms with van der Waals surface area (Å²) in [5, 5.41) is 10.6. The minimum absolute atomic E-state index is 0.146. The molecule has 6 heteroatoms. The second-order valence-corrected chi connectivity index (χ2v) is 11.1. The first-order chi connectivity index (χ1) is 18.1. The van der Waals surface area contributed by atoms with Gasteiger partial charge in [0.1, 0.15) is 17.9 Å². The Morgan fingerprint density at radius 1 is 0.730 bits per heavy atom. The summed E-state index contributed by atoms with van der Waals surface area (Å²) in [6.07, 6.45) is 10.7. The zero-order valence-corrected chi connectivity index (χ0v) is 21.8. The van der Waals surface area contributed by atoms with Gasteiger partial charge in [0.15, 0.2) is 0 Å². The molecule has 2 aliphatic rings. The summed E-state index contributed by atoms with van der Waals surface area (Å²) in [6.45, 7) is 5.04. The van der Waals surface area contributed by atoms with Gasteiger partial charge < -0.3 is 15.1 Å². The van der Waals surface area contributed by atoms with Gasteiger partial charge in [0.2, 0.25) is 0 Å². The number of hydrogen-bond donors (Lipinski definition) is 3. The van der Waals surface area contributed by atoms with Crippen molar-refractivity contribution < 1.29 is 5.11 Å². The first-order valence-electron chi connectivity index (χ1n) is 13.8. The average Bonchev–Trinajstić information content (AvgIpc) is 3.75. The lowest BCUT2D eigenvalue weighted by atomic mass is 10.0. The van der Waals surface area contributed by atoms with Crippen LogP contribution in [0.1, 0.15) is 76.0 Å². The Hall–Kier alpha value is -3.22. The predicted octanol–water partition coefficient (Wildman–Crippen LogP) is 6.90. The van der Waals surface area contributed by atoms with Gasteiger partial charge in [-0.05, 0) is 53.9 Å². The normalized spacial score (nSPS) is 19.7. The SMILES string of the molecule is CC(C)C(O)N1CCC[C@H]1c1ncc(-c2ccc(-c3ccc(-c4cnc(C5CCCC5)[nH]4)cc3)cc2)[nH]1. The van der Waals surface area contributed by atoms with Gasteiger partial charge in [-0.25, -0.2) is 9.97 Å². The smallest absolute Gasteiger partial charge is 0.124 e. The number of aromatic nitrogens is 4. The van der Waals surface area contributed by atoms with E-state index in [1.807, 2.05) is 12.4 Å². The Bertz CT molecular complexity index is 1310. The molecule has 0 amide bonds. The average molecular weight is 496 g/mol. The van der Waals surface area contributed by atoms with E-state index < -0.39 is 6.23 Å². The Labute approximate surface area is 219 Å². The topological polar surface area (TPSA) is 80.8 Å². The largest absolute Gasteiger partial charge is 0.378 e. The van der Waals surface area contributed by atoms with Gasteiger partial charge >= 0.3 is 0 Å². The molecule has 1 aliphatic heterocycles. The van der Waals surface area contributed by atoms with Gasteiger partial charge in [-0.15, -0.1) is 0 Å². The summed E-state index contributed by atoms with van der Waals surface area (Å²) < 4.78 is 0. The van der Waals surface area contributed by atoms with Gasteiger partial charge in [-0.1, -0.05) is 75.2 Å². The number of benzene rings is 2. The number of imidazole rings is 2. The summed E-state index contributed by atoms with van der Waals surface area (Å²) in [5.41, 5.74) is 6.78. The fraction of sp³-hybridized carbons (Fsp3) is 0.419. The van der Waals surface area contributed by atoms with Crippen LogP contribution in [0, 0.1) is 5.92 Å². The highest BCUT2D eigenvalue weighted by atomic mass is 16.3. The van der Waals surface area contributed by atoms with Crippen molar-refractivity contribution in [3.8, 4) is 33.6 Å². The van der Waals surface area contributed by atoms with Crippen molar-refractivity contribution in [1.29, 1.82) is 0 Å². The minimum Gasteiger partial charge on any atom is -0.378 e. The van der Waals surface area contributed by atoms with Crippen molar-refractivity contribution in [1.82, 2.24) is 24.8 Å². The fourth-order valence-electron chi connectivity index (χ4n) is 6.01. The maximum Gasteiger partial charge on any atom is 0.124 e. The van der Waals surface area contributed by atoms with Crippen molar-refractivity contribution in [3.63, 3.8) is 0 Å². The Balaban J connectivity index is 1.15. The van der Waals surface area contributed by atoms with E-state index in [0.717, 1.165) is 48.0 Å². The molecule has 4 aromatic rings. The van der Waals surface area contributed by atoms with E-state index in [1.165, 1.54) is 42.4 Å². The lowest BCUT2D eigenvalue weighted by Crippen LogP contribution is -2.38. The van der Waals surface area contributed by atoms with E-state index in [0.29, 0.717) is 5.92 Å². The number of likely N-dealkylation sites (tertiary alicyclic amines) is 1. The first kappa shape index (κ1) is 24.1. The predicted molar refractivity (Wildman–Crippen MR) is 148 cm³/mol. The molecule has 2 fully saturated rings. The highest BCUT2D eigenvalue weighted by Gasteiger charge is 2.33. The van der Waals surface area contributed by atoms with Crippen LogP contribution in [0.15, 0.2) is 60.9 Å². The van der Waals surface area contributed by atoms with Crippen LogP contribution in [0.25, 0.3) is 33.6 Å². The maximum atomic E-state index is 10.6. The van der Waals surface area contributed by atoms with E-state index in [-0.39, 0.29) is 12.0 Å². The van der Waals surface area contributed by atoms with Crippen LogP contribution in [0.2, 0.25) is 0 Å². The van der Waals surface area contributed by atoms with Gasteiger partial charge in [-0.2, -0.15) is 0 Å². The van der Waals surface area contributed by atoms with Crippen molar-refractivity contribution in [3.05, 3.63) is 72.6 Å². The number of rotatable bonds is 7.